The molecule has 1 fully saturated rings. The maximum Gasteiger partial charge on any atom is 0.258 e. The second kappa shape index (κ2) is 7.49. The van der Waals surface area contributed by atoms with Crippen molar-refractivity contribution in [2.45, 2.75) is 43.9 Å². The third-order valence-corrected chi connectivity index (χ3v) is 5.98. The average molecular weight is 331 g/mol. The molecule has 0 radical (unpaired) electrons. The van der Waals surface area contributed by atoms with E-state index in [0.29, 0.717) is 11.4 Å². The van der Waals surface area contributed by atoms with Crippen LogP contribution < -0.4 is 5.56 Å². The number of aromatic amines is 1. The molecule has 3 rings (SSSR count). The number of thioether (sulfide) groups is 1. The Morgan fingerprint density at radius 1 is 1.35 bits per heavy atom. The Morgan fingerprint density at radius 3 is 3.00 bits per heavy atom. The van der Waals surface area contributed by atoms with Crippen LogP contribution in [0.5, 0.6) is 0 Å². The second-order valence-electron chi connectivity index (χ2n) is 6.30. The molecule has 1 aliphatic rings. The number of nitrogens with one attached hydrogen (secondary N) is 1. The van der Waals surface area contributed by atoms with Crippen molar-refractivity contribution in [1.29, 1.82) is 0 Å². The van der Waals surface area contributed by atoms with Gasteiger partial charge in [0.05, 0.1) is 10.9 Å². The highest BCUT2D eigenvalue weighted by Crippen LogP contribution is 2.32. The van der Waals surface area contributed by atoms with Gasteiger partial charge in [-0.05, 0) is 44.2 Å². The highest BCUT2D eigenvalue weighted by Gasteiger charge is 2.27. The van der Waals surface area contributed by atoms with Crippen molar-refractivity contribution in [1.82, 2.24) is 14.9 Å². The number of H-pyrrole nitrogens is 1. The molecule has 0 saturated heterocycles. The van der Waals surface area contributed by atoms with Gasteiger partial charge < -0.3 is 9.88 Å². The Hall–Kier alpha value is -1.33. The fourth-order valence-corrected chi connectivity index (χ4v) is 4.56. The number of hydrogen-bond donors (Lipinski definition) is 1. The average Bonchev–Trinajstić information content (AvgIpc) is 3.02. The second-order valence-corrected chi connectivity index (χ2v) is 7.88. The molecule has 1 aromatic heterocycles. The van der Waals surface area contributed by atoms with Gasteiger partial charge >= 0.3 is 0 Å². The predicted molar refractivity (Wildman–Crippen MR) is 98.3 cm³/mol. The minimum absolute atomic E-state index is 0.0338. The Bertz CT molecular complexity index is 715. The van der Waals surface area contributed by atoms with Crippen LogP contribution in [0.3, 0.4) is 0 Å². The van der Waals surface area contributed by atoms with Crippen LogP contribution in [-0.4, -0.2) is 45.5 Å². The van der Waals surface area contributed by atoms with Crippen LogP contribution >= 0.6 is 11.8 Å². The van der Waals surface area contributed by atoms with Gasteiger partial charge in [0.15, 0.2) is 0 Å². The first-order valence-corrected chi connectivity index (χ1v) is 9.52. The van der Waals surface area contributed by atoms with Gasteiger partial charge in [-0.15, -0.1) is 0 Å². The van der Waals surface area contributed by atoms with Gasteiger partial charge in [-0.25, -0.2) is 4.98 Å². The number of hydrogen-bond acceptors (Lipinski definition) is 4. The molecule has 1 N–H and O–H groups in total. The summed E-state index contributed by atoms with van der Waals surface area (Å²) < 4.78 is 0. The molecule has 5 heteroatoms. The zero-order chi connectivity index (χ0) is 16.2. The summed E-state index contributed by atoms with van der Waals surface area (Å²) in [6.07, 6.45) is 4.70. The van der Waals surface area contributed by atoms with Crippen LogP contribution in [0.2, 0.25) is 0 Å². The standard InChI is InChI=1S/C18H25N3OS/c1-3-23-14-9-8-13(12-14)21(2)11-10-17-19-16-7-5-4-6-15(16)18(22)20-17/h4-7,13-14H,3,8-12H2,1-2H3,(H,19,20,22)/t13-,14+/m0/s1. The lowest BCUT2D eigenvalue weighted by Gasteiger charge is -2.24. The van der Waals surface area contributed by atoms with Gasteiger partial charge in [0.2, 0.25) is 0 Å². The van der Waals surface area contributed by atoms with Crippen molar-refractivity contribution >= 4 is 22.7 Å². The maximum atomic E-state index is 12.1. The first-order valence-electron chi connectivity index (χ1n) is 8.47. The third kappa shape index (κ3) is 3.96. The lowest BCUT2D eigenvalue weighted by atomic mass is 10.2. The first-order chi connectivity index (χ1) is 11.2. The van der Waals surface area contributed by atoms with E-state index in [1.54, 1.807) is 0 Å². The molecule has 1 aromatic carbocycles. The van der Waals surface area contributed by atoms with Gasteiger partial charge in [0, 0.05) is 24.3 Å². The number of rotatable bonds is 6. The molecule has 0 amide bonds. The summed E-state index contributed by atoms with van der Waals surface area (Å²) in [4.78, 5) is 22.1. The molecule has 0 unspecified atom stereocenters. The zero-order valence-electron chi connectivity index (χ0n) is 13.9. The summed E-state index contributed by atoms with van der Waals surface area (Å²) in [5.74, 6) is 2.00. The molecule has 23 heavy (non-hydrogen) atoms. The fraction of sp³-hybridized carbons (Fsp3) is 0.556. The molecule has 0 bridgehead atoms. The SMILES string of the molecule is CCS[C@@H]1CC[C@H](N(C)CCc2nc3ccccc3c(=O)[nH]2)C1. The number of fused-ring (bicyclic) bond motifs is 1. The Morgan fingerprint density at radius 2 is 2.17 bits per heavy atom. The maximum absolute atomic E-state index is 12.1. The van der Waals surface area contributed by atoms with Gasteiger partial charge in [-0.3, -0.25) is 4.79 Å². The van der Waals surface area contributed by atoms with E-state index in [2.05, 4.69) is 40.6 Å². The Labute approximate surface area is 141 Å². The van der Waals surface area contributed by atoms with Crippen molar-refractivity contribution in [2.24, 2.45) is 0 Å². The van der Waals surface area contributed by atoms with Crippen LogP contribution in [-0.2, 0) is 6.42 Å². The van der Waals surface area contributed by atoms with Gasteiger partial charge in [0.1, 0.15) is 5.82 Å². The lowest BCUT2D eigenvalue weighted by molar-refractivity contribution is 0.247. The normalized spacial score (nSPS) is 21.3. The van der Waals surface area contributed by atoms with Crippen LogP contribution in [0.4, 0.5) is 0 Å². The van der Waals surface area contributed by atoms with Crippen LogP contribution in [0, 0.1) is 0 Å². The first kappa shape index (κ1) is 16.5. The number of para-hydroxylation sites is 1. The molecule has 1 saturated carbocycles. The van der Waals surface area contributed by atoms with Crippen molar-refractivity contribution in [3.05, 3.63) is 40.4 Å². The monoisotopic (exact) mass is 331 g/mol. The van der Waals surface area contributed by atoms with E-state index in [0.717, 1.165) is 29.6 Å². The minimum atomic E-state index is -0.0338. The molecule has 0 aliphatic heterocycles. The van der Waals surface area contributed by atoms with Crippen molar-refractivity contribution in [2.75, 3.05) is 19.3 Å². The fourth-order valence-electron chi connectivity index (χ4n) is 3.42. The Kier molecular flexibility index (Phi) is 5.38. The minimum Gasteiger partial charge on any atom is -0.310 e. The lowest BCUT2D eigenvalue weighted by Crippen LogP contribution is -2.32. The molecule has 2 aromatic rings. The van der Waals surface area contributed by atoms with Crippen molar-refractivity contribution in [3.8, 4) is 0 Å². The molecule has 124 valence electrons. The van der Waals surface area contributed by atoms with E-state index in [4.69, 9.17) is 0 Å². The molecule has 2 atom stereocenters. The smallest absolute Gasteiger partial charge is 0.258 e. The van der Waals surface area contributed by atoms with Gasteiger partial charge in [-0.1, -0.05) is 19.1 Å². The molecule has 4 nitrogen and oxygen atoms in total. The van der Waals surface area contributed by atoms with Gasteiger partial charge in [-0.2, -0.15) is 11.8 Å². The number of likely N-dealkylation sites (N-methyl/N-ethyl adjacent to an activating group) is 1. The third-order valence-electron chi connectivity index (χ3n) is 4.75. The van der Waals surface area contributed by atoms with E-state index >= 15 is 0 Å². The number of aromatic nitrogens is 2. The summed E-state index contributed by atoms with van der Waals surface area (Å²) in [5.41, 5.74) is 0.753. The topological polar surface area (TPSA) is 49.0 Å². The van der Waals surface area contributed by atoms with Crippen LogP contribution in [0.25, 0.3) is 10.9 Å². The molecule has 0 spiro atoms. The largest absolute Gasteiger partial charge is 0.310 e. The van der Waals surface area contributed by atoms with Gasteiger partial charge in [0.25, 0.3) is 5.56 Å². The highest BCUT2D eigenvalue weighted by atomic mass is 32.2. The zero-order valence-corrected chi connectivity index (χ0v) is 14.7. The van der Waals surface area contributed by atoms with E-state index in [1.807, 2.05) is 24.3 Å². The highest BCUT2D eigenvalue weighted by molar-refractivity contribution is 7.99. The summed E-state index contributed by atoms with van der Waals surface area (Å²) >= 11 is 2.09. The quantitative estimate of drug-likeness (QED) is 0.884. The van der Waals surface area contributed by atoms with E-state index in [1.165, 1.54) is 25.0 Å². The Balaban J connectivity index is 1.61. The molecule has 1 aliphatic carbocycles. The van der Waals surface area contributed by atoms with Crippen molar-refractivity contribution < 1.29 is 0 Å². The van der Waals surface area contributed by atoms with E-state index in [9.17, 15) is 4.79 Å². The van der Waals surface area contributed by atoms with Crippen LogP contribution in [0.1, 0.15) is 32.0 Å². The number of benzene rings is 1. The molecular formula is C18H25N3OS. The predicted octanol–water partition coefficient (Wildman–Crippen LogP) is 3.07. The summed E-state index contributed by atoms with van der Waals surface area (Å²) in [5, 5.41) is 1.49. The molecular weight excluding hydrogens is 306 g/mol. The van der Waals surface area contributed by atoms with E-state index in [-0.39, 0.29) is 5.56 Å². The summed E-state index contributed by atoms with van der Waals surface area (Å²) in [6, 6.07) is 8.19. The van der Waals surface area contributed by atoms with E-state index < -0.39 is 0 Å². The summed E-state index contributed by atoms with van der Waals surface area (Å²) in [6.45, 7) is 3.18. The molecule has 1 heterocycles. The van der Waals surface area contributed by atoms with Crippen LogP contribution in [0.15, 0.2) is 29.1 Å². The van der Waals surface area contributed by atoms with Crippen molar-refractivity contribution in [3.63, 3.8) is 0 Å². The number of nitrogens with zero attached hydrogens (tertiary/aromatic N) is 2. The summed E-state index contributed by atoms with van der Waals surface area (Å²) in [7, 11) is 2.20.